The first-order valence-electron chi connectivity index (χ1n) is 28.3. The molecule has 0 bridgehead atoms. The van der Waals surface area contributed by atoms with Crippen molar-refractivity contribution in [2.75, 3.05) is 33.0 Å². The smallest absolute Gasteiger partial charge is 0.312 e. The number of aliphatic carboxylic acids is 1. The minimum absolute atomic E-state index is 0.239. The largest absolute Gasteiger partial charge is 0.497 e. The maximum atomic E-state index is 15.9. The van der Waals surface area contributed by atoms with Gasteiger partial charge < -0.3 is 24.2 Å². The minimum Gasteiger partial charge on any atom is -0.497 e. The van der Waals surface area contributed by atoms with Crippen molar-refractivity contribution < 1.29 is 67.3 Å². The monoisotopic (exact) mass is 666 g/mol. The molecule has 8 nitrogen and oxygen atoms in total. The molecule has 1 amide bonds. The molecule has 2 aromatic carbocycles. The summed E-state index contributed by atoms with van der Waals surface area (Å²) in [5.41, 5.74) is -10.4. The van der Waals surface area contributed by atoms with Crippen molar-refractivity contribution in [3.8, 4) is 17.2 Å². The van der Waals surface area contributed by atoms with Gasteiger partial charge in [-0.05, 0) is 73.2 Å². The molecule has 0 aliphatic carbocycles. The quantitative estimate of drug-likeness (QED) is 0.222. The zero-order chi connectivity index (χ0) is 59.6. The van der Waals surface area contributed by atoms with Crippen molar-refractivity contribution in [3.05, 3.63) is 52.9 Å². The van der Waals surface area contributed by atoms with Gasteiger partial charge in [0.25, 0.3) is 1.43 Å². The standard InChI is InChI=1S/C38H56N2O6/c1-11-13-25(3)21-39(22-26(4)14-12-2)32(41)23-40-24-37(8,30-19-20-31-33(27(30)5)46-36(6,7)45-31)38(9,35(42)43)34(40)28-15-17-29(44-10)18-16-28/h15-20,25-26,34H,11-14,21-24H2,1-10H3,(H,42,43)/t25?,26?,34-,37+,38+/m0/s1/i10D3,11D2,12D2,13D2,14D2,15D,16D,17D,18D,19D,20D,21D2,22D2,23D2,24D2,25D,26D,34D/hD. The number of carbonyl (C=O) groups excluding carboxylic acids is 1. The lowest BCUT2D eigenvalue weighted by Crippen LogP contribution is -2.48. The predicted molar refractivity (Wildman–Crippen MR) is 182 cm³/mol. The number of fused-ring (bicyclic) bond motifs is 1. The van der Waals surface area contributed by atoms with E-state index >= 15 is 4.79 Å². The highest BCUT2D eigenvalue weighted by atomic mass is 16.7. The summed E-state index contributed by atoms with van der Waals surface area (Å²) in [6, 6.07) is -12.9. The van der Waals surface area contributed by atoms with Gasteiger partial charge in [0, 0.05) is 60.7 Å². The van der Waals surface area contributed by atoms with Gasteiger partial charge in [0.1, 0.15) is 5.75 Å². The van der Waals surface area contributed by atoms with Gasteiger partial charge in [0.2, 0.25) is 11.7 Å². The molecule has 1 saturated heterocycles. The van der Waals surface area contributed by atoms with Crippen molar-refractivity contribution in [3.63, 3.8) is 0 Å². The zero-order valence-corrected chi connectivity index (χ0v) is 26.8. The topological polar surface area (TPSA) is 88.5 Å². The van der Waals surface area contributed by atoms with Crippen LogP contribution >= 0.6 is 0 Å². The molecular formula is C38H56N2O6. The van der Waals surface area contributed by atoms with Crippen molar-refractivity contribution >= 4 is 11.9 Å². The Labute approximate surface area is 317 Å². The van der Waals surface area contributed by atoms with E-state index in [4.69, 9.17) is 37.6 Å². The van der Waals surface area contributed by atoms with Gasteiger partial charge in [-0.25, -0.2) is 0 Å². The van der Waals surface area contributed by atoms with Crippen molar-refractivity contribution in [1.82, 2.24) is 9.80 Å². The molecule has 0 radical (unpaired) electrons. The van der Waals surface area contributed by atoms with Gasteiger partial charge >= 0.3 is 5.97 Å². The Kier molecular flexibility index (Phi) is 4.01. The molecule has 8 heteroatoms. The third-order valence-corrected chi connectivity index (χ3v) is 7.39. The Morgan fingerprint density at radius 2 is 1.78 bits per heavy atom. The maximum Gasteiger partial charge on any atom is 0.312 e. The summed E-state index contributed by atoms with van der Waals surface area (Å²) in [6.07, 6.45) is -14.7. The first-order valence-corrected chi connectivity index (χ1v) is 13.9. The van der Waals surface area contributed by atoms with Crippen LogP contribution in [0.3, 0.4) is 0 Å². The minimum atomic E-state index is -5.02. The van der Waals surface area contributed by atoms with Crippen LogP contribution in [-0.4, -0.2) is 65.6 Å². The van der Waals surface area contributed by atoms with E-state index in [0.717, 1.165) is 6.92 Å². The number of hydrogen-bond donors (Lipinski definition) is 1. The van der Waals surface area contributed by atoms with Gasteiger partial charge in [-0.1, -0.05) is 65.5 Å². The SMILES string of the molecule is [2H]OC(=O)[C@]1(C)[C@@](C)(c2c([2H])c([2H])c3c(c2C)OC(C)(C)O3)C([2H])([2H])N(C([2H])([2H])C(=O)N(C([2H])([2H])C([2H])(C)C([2H])([2H])C([2H])([2H])C)C([2H])([2H])C([2H])(C)C([2H])([2H])C([2H])([2H])C)[C@@]1([2H])c1c([2H])c([2H])c(OC([2H])([2H])[2H])c([2H])c1[2H]. The summed E-state index contributed by atoms with van der Waals surface area (Å²) in [6.45, 7) is -12.5. The summed E-state index contributed by atoms with van der Waals surface area (Å²) in [5.74, 6) is -17.2. The highest BCUT2D eigenvalue weighted by Crippen LogP contribution is 2.60. The second-order valence-electron chi connectivity index (χ2n) is 11.1. The Bertz CT molecular complexity index is 2600. The Hall–Kier alpha value is -3.26. The summed E-state index contributed by atoms with van der Waals surface area (Å²) in [4.78, 5) is 29.0. The van der Waals surface area contributed by atoms with Gasteiger partial charge in [-0.3, -0.25) is 14.5 Å². The number of amides is 1. The second-order valence-corrected chi connectivity index (χ2v) is 11.1. The summed E-state index contributed by atoms with van der Waals surface area (Å²) < 4.78 is 275. The fourth-order valence-corrected chi connectivity index (χ4v) is 5.18. The van der Waals surface area contributed by atoms with Crippen LogP contribution in [0.1, 0.15) is 142 Å². The first kappa shape index (κ1) is 13.3. The van der Waals surface area contributed by atoms with Crippen LogP contribution in [0.4, 0.5) is 0 Å². The van der Waals surface area contributed by atoms with Gasteiger partial charge in [0.05, 0.1) is 41.4 Å². The number of rotatable bonds is 14. The fourth-order valence-electron chi connectivity index (χ4n) is 5.18. The highest BCUT2D eigenvalue weighted by molar-refractivity contribution is 5.82. The van der Waals surface area contributed by atoms with Crippen LogP contribution in [0.5, 0.6) is 17.2 Å². The van der Waals surface area contributed by atoms with Gasteiger partial charge in [-0.2, -0.15) is 0 Å². The molecular weight excluding hydrogens is 580 g/mol. The van der Waals surface area contributed by atoms with Crippen molar-refractivity contribution in [2.24, 2.45) is 17.2 Å². The molecule has 2 aliphatic rings. The Balaban J connectivity index is 2.48. The normalized spacial score (nSPS) is 40.5. The van der Waals surface area contributed by atoms with E-state index in [-0.39, 0.29) is 13.8 Å². The third-order valence-electron chi connectivity index (χ3n) is 7.39. The molecule has 254 valence electrons. The highest BCUT2D eigenvalue weighted by Gasteiger charge is 2.64. The molecule has 2 aliphatic heterocycles. The van der Waals surface area contributed by atoms with E-state index in [9.17, 15) is 21.2 Å². The maximum absolute atomic E-state index is 15.9. The number of hydrogen-bond acceptors (Lipinski definition) is 7. The Morgan fingerprint density at radius 3 is 2.35 bits per heavy atom. The van der Waals surface area contributed by atoms with E-state index in [0.29, 0.717) is 27.7 Å². The van der Waals surface area contributed by atoms with Crippen molar-refractivity contribution in [1.29, 1.82) is 1.43 Å². The second kappa shape index (κ2) is 13.8. The molecule has 4 rings (SSSR count). The number of likely N-dealkylation sites (tertiary alicyclic amines) is 1. The summed E-state index contributed by atoms with van der Waals surface area (Å²) >= 11 is 0. The van der Waals surface area contributed by atoms with Gasteiger partial charge in [-0.15, -0.1) is 0 Å². The zero-order valence-electron chi connectivity index (χ0n) is 55.8. The molecule has 46 heavy (non-hydrogen) atoms. The van der Waals surface area contributed by atoms with Crippen LogP contribution in [0.15, 0.2) is 36.3 Å². The lowest BCUT2D eigenvalue weighted by atomic mass is 9.59. The molecule has 5 atom stereocenters. The molecule has 0 spiro atoms. The van der Waals surface area contributed by atoms with Crippen LogP contribution < -0.4 is 14.2 Å². The number of methoxy groups -OCH3 is 1. The molecule has 2 unspecified atom stereocenters. The van der Waals surface area contributed by atoms with Crippen LogP contribution in [-0.2, 0) is 15.0 Å². The van der Waals surface area contributed by atoms with E-state index < -0.39 is 185 Å². The molecule has 0 aromatic heterocycles. The van der Waals surface area contributed by atoms with Crippen molar-refractivity contribution in [2.45, 2.75) is 105 Å². The number of carboxylic acids is 1. The summed E-state index contributed by atoms with van der Waals surface area (Å²) in [7, 11) is -3.56. The molecule has 1 fully saturated rings. The van der Waals surface area contributed by atoms with E-state index in [1.54, 1.807) is 0 Å². The van der Waals surface area contributed by atoms with Gasteiger partial charge in [0.15, 0.2) is 11.5 Å². The van der Waals surface area contributed by atoms with Crippen LogP contribution in [0, 0.1) is 24.1 Å². The number of nitrogens with zero attached hydrogens (tertiary/aromatic N) is 2. The average molecular weight is 666 g/mol. The number of benzene rings is 2. The molecule has 1 N–H and O–H groups in total. The van der Waals surface area contributed by atoms with E-state index in [1.165, 1.54) is 13.8 Å². The Morgan fingerprint density at radius 1 is 1.15 bits per heavy atom. The lowest BCUT2D eigenvalue weighted by molar-refractivity contribution is -0.153. The first-order chi connectivity index (χ1) is 32.8. The van der Waals surface area contributed by atoms with E-state index in [2.05, 4.69) is 5.11 Å². The fraction of sp³-hybridized carbons (Fsp3) is 0.632. The lowest BCUT2D eigenvalue weighted by Gasteiger charge is -2.41. The van der Waals surface area contributed by atoms with Crippen LogP contribution in [0.2, 0.25) is 0 Å². The molecule has 2 heterocycles. The third kappa shape index (κ3) is 6.73. The molecule has 0 saturated carbocycles. The molecule has 2 aromatic rings. The van der Waals surface area contributed by atoms with E-state index in [1.807, 2.05) is 0 Å². The number of carbonyl (C=O) groups is 2. The predicted octanol–water partition coefficient (Wildman–Crippen LogP) is 7.62. The number of ether oxygens (including phenoxy) is 3. The van der Waals surface area contributed by atoms with Crippen LogP contribution in [0.25, 0.3) is 1.43 Å². The summed E-state index contributed by atoms with van der Waals surface area (Å²) in [5, 5.41) is 4.41. The number of carboxylic acid groups (broad SMARTS) is 1. The average Bonchev–Trinajstić information content (AvgIpc) is 3.61.